The van der Waals surface area contributed by atoms with Crippen LogP contribution < -0.4 is 5.73 Å². The fraction of sp³-hybridized carbons (Fsp3) is 0.667. The highest BCUT2D eigenvalue weighted by Gasteiger charge is 2.25. The van der Waals surface area contributed by atoms with Crippen LogP contribution in [-0.4, -0.2) is 55.1 Å². The molecule has 1 heterocycles. The van der Waals surface area contributed by atoms with Crippen molar-refractivity contribution >= 4 is 0 Å². The molecule has 0 aromatic heterocycles. The van der Waals surface area contributed by atoms with Crippen molar-refractivity contribution in [1.82, 2.24) is 9.80 Å². The molecule has 0 saturated carbocycles. The Bertz CT molecular complexity index is 393. The number of rotatable bonds is 8. The Hall–Kier alpha value is -0.900. The number of likely N-dealkylation sites (N-methyl/N-ethyl adjacent to an activating group) is 2. The van der Waals surface area contributed by atoms with Gasteiger partial charge >= 0.3 is 0 Å². The van der Waals surface area contributed by atoms with Crippen LogP contribution in [0.3, 0.4) is 0 Å². The summed E-state index contributed by atoms with van der Waals surface area (Å²) in [6.45, 7) is 6.63. The Morgan fingerprint density at radius 3 is 2.76 bits per heavy atom. The van der Waals surface area contributed by atoms with Gasteiger partial charge in [-0.1, -0.05) is 37.3 Å². The third-order valence-electron chi connectivity index (χ3n) is 4.91. The van der Waals surface area contributed by atoms with Crippen LogP contribution >= 0.6 is 0 Å². The van der Waals surface area contributed by atoms with Gasteiger partial charge in [0.25, 0.3) is 0 Å². The summed E-state index contributed by atoms with van der Waals surface area (Å²) in [7, 11) is 2.24. The Labute approximate surface area is 130 Å². The number of nitrogens with two attached hydrogens (primary N) is 1. The van der Waals surface area contributed by atoms with Crippen molar-refractivity contribution in [2.75, 3.05) is 33.2 Å². The summed E-state index contributed by atoms with van der Waals surface area (Å²) in [6, 6.07) is 12.0. The molecule has 2 atom stereocenters. The van der Waals surface area contributed by atoms with E-state index in [1.54, 1.807) is 0 Å². The number of hydrogen-bond acceptors (Lipinski definition) is 3. The molecule has 1 aliphatic rings. The van der Waals surface area contributed by atoms with Crippen molar-refractivity contribution in [3.63, 3.8) is 0 Å². The topological polar surface area (TPSA) is 32.5 Å². The van der Waals surface area contributed by atoms with E-state index in [0.29, 0.717) is 6.04 Å². The van der Waals surface area contributed by atoms with Crippen molar-refractivity contribution in [2.24, 2.45) is 5.73 Å². The average molecular weight is 289 g/mol. The quantitative estimate of drug-likeness (QED) is 0.797. The van der Waals surface area contributed by atoms with Gasteiger partial charge in [-0.05, 0) is 51.4 Å². The fourth-order valence-corrected chi connectivity index (χ4v) is 3.50. The van der Waals surface area contributed by atoms with E-state index < -0.39 is 0 Å². The Morgan fingerprint density at radius 1 is 1.33 bits per heavy atom. The molecule has 3 heteroatoms. The van der Waals surface area contributed by atoms with Crippen molar-refractivity contribution < 1.29 is 0 Å². The van der Waals surface area contributed by atoms with Gasteiger partial charge in [-0.3, -0.25) is 4.90 Å². The van der Waals surface area contributed by atoms with E-state index in [9.17, 15) is 0 Å². The maximum atomic E-state index is 6.02. The lowest BCUT2D eigenvalue weighted by molar-refractivity contribution is 0.160. The van der Waals surface area contributed by atoms with Gasteiger partial charge in [0.15, 0.2) is 0 Å². The largest absolute Gasteiger partial charge is 0.329 e. The van der Waals surface area contributed by atoms with Crippen LogP contribution in [-0.2, 0) is 6.42 Å². The lowest BCUT2D eigenvalue weighted by atomic mass is 10.0. The van der Waals surface area contributed by atoms with Crippen LogP contribution in [0.4, 0.5) is 0 Å². The smallest absolute Gasteiger partial charge is 0.0223 e. The first-order chi connectivity index (χ1) is 10.2. The van der Waals surface area contributed by atoms with Crippen molar-refractivity contribution in [3.8, 4) is 0 Å². The highest BCUT2D eigenvalue weighted by Crippen LogP contribution is 2.18. The maximum absolute atomic E-state index is 6.02. The van der Waals surface area contributed by atoms with E-state index in [-0.39, 0.29) is 0 Å². The Balaban J connectivity index is 1.82. The van der Waals surface area contributed by atoms with Gasteiger partial charge in [0.05, 0.1) is 0 Å². The minimum absolute atomic E-state index is 0.490. The molecule has 1 aromatic rings. The van der Waals surface area contributed by atoms with Crippen LogP contribution in [0.5, 0.6) is 0 Å². The van der Waals surface area contributed by atoms with Crippen molar-refractivity contribution in [2.45, 2.75) is 44.7 Å². The second-order valence-corrected chi connectivity index (χ2v) is 6.28. The molecule has 0 radical (unpaired) electrons. The molecular formula is C18H31N3. The standard InChI is InChI=1S/C18H31N3/c1-3-21-13-7-10-18(21)15-20(2)17(14-19)12-11-16-8-5-4-6-9-16/h4-6,8-9,17-18H,3,7,10-15,19H2,1-2H3. The first kappa shape index (κ1) is 16.5. The molecule has 0 spiro atoms. The van der Waals surface area contributed by atoms with Gasteiger partial charge in [-0.15, -0.1) is 0 Å². The molecule has 3 nitrogen and oxygen atoms in total. The summed E-state index contributed by atoms with van der Waals surface area (Å²) >= 11 is 0. The van der Waals surface area contributed by atoms with Gasteiger partial charge in [0.1, 0.15) is 0 Å². The van der Waals surface area contributed by atoms with Crippen LogP contribution in [0.15, 0.2) is 30.3 Å². The van der Waals surface area contributed by atoms with E-state index in [4.69, 9.17) is 5.73 Å². The van der Waals surface area contributed by atoms with Crippen LogP contribution in [0.1, 0.15) is 31.7 Å². The minimum Gasteiger partial charge on any atom is -0.329 e. The number of likely N-dealkylation sites (tertiary alicyclic amines) is 1. The van der Waals surface area contributed by atoms with E-state index in [1.165, 1.54) is 31.5 Å². The van der Waals surface area contributed by atoms with Gasteiger partial charge in [-0.2, -0.15) is 0 Å². The molecule has 21 heavy (non-hydrogen) atoms. The molecule has 2 unspecified atom stereocenters. The molecule has 1 saturated heterocycles. The first-order valence-corrected chi connectivity index (χ1v) is 8.42. The predicted molar refractivity (Wildman–Crippen MR) is 90.5 cm³/mol. The summed E-state index contributed by atoms with van der Waals surface area (Å²) in [5.74, 6) is 0. The van der Waals surface area contributed by atoms with E-state index in [1.807, 2.05) is 0 Å². The summed E-state index contributed by atoms with van der Waals surface area (Å²) < 4.78 is 0. The van der Waals surface area contributed by atoms with Gasteiger partial charge in [0, 0.05) is 25.2 Å². The lowest BCUT2D eigenvalue weighted by Crippen LogP contribution is -2.45. The summed E-state index contributed by atoms with van der Waals surface area (Å²) in [5, 5.41) is 0. The number of nitrogens with zero attached hydrogens (tertiary/aromatic N) is 2. The first-order valence-electron chi connectivity index (χ1n) is 8.42. The van der Waals surface area contributed by atoms with Gasteiger partial charge < -0.3 is 10.6 Å². The maximum Gasteiger partial charge on any atom is 0.0223 e. The second kappa shape index (κ2) is 8.52. The number of benzene rings is 1. The number of aryl methyl sites for hydroxylation is 1. The van der Waals surface area contributed by atoms with Crippen molar-refractivity contribution in [1.29, 1.82) is 0 Å². The molecule has 1 fully saturated rings. The molecule has 2 N–H and O–H groups in total. The normalized spacial score (nSPS) is 21.0. The van der Waals surface area contributed by atoms with E-state index in [0.717, 1.165) is 32.0 Å². The van der Waals surface area contributed by atoms with Gasteiger partial charge in [-0.25, -0.2) is 0 Å². The monoisotopic (exact) mass is 289 g/mol. The minimum atomic E-state index is 0.490. The molecule has 1 aliphatic heterocycles. The lowest BCUT2D eigenvalue weighted by Gasteiger charge is -2.32. The zero-order chi connectivity index (χ0) is 15.1. The summed E-state index contributed by atoms with van der Waals surface area (Å²) in [4.78, 5) is 5.10. The van der Waals surface area contributed by atoms with Crippen LogP contribution in [0, 0.1) is 0 Å². The molecule has 118 valence electrons. The SMILES string of the molecule is CCN1CCCC1CN(C)C(CN)CCc1ccccc1. The predicted octanol–water partition coefficient (Wildman–Crippen LogP) is 2.36. The van der Waals surface area contributed by atoms with E-state index in [2.05, 4.69) is 54.1 Å². The highest BCUT2D eigenvalue weighted by atomic mass is 15.2. The molecular weight excluding hydrogens is 258 g/mol. The van der Waals surface area contributed by atoms with Crippen LogP contribution in [0.2, 0.25) is 0 Å². The summed E-state index contributed by atoms with van der Waals surface area (Å²) in [6.07, 6.45) is 4.96. The molecule has 2 rings (SSSR count). The van der Waals surface area contributed by atoms with Gasteiger partial charge in [0.2, 0.25) is 0 Å². The Kier molecular flexibility index (Phi) is 6.68. The molecule has 0 amide bonds. The second-order valence-electron chi connectivity index (χ2n) is 6.28. The van der Waals surface area contributed by atoms with Crippen LogP contribution in [0.25, 0.3) is 0 Å². The highest BCUT2D eigenvalue weighted by molar-refractivity contribution is 5.14. The fourth-order valence-electron chi connectivity index (χ4n) is 3.50. The molecule has 0 bridgehead atoms. The summed E-state index contributed by atoms with van der Waals surface area (Å²) in [5.41, 5.74) is 7.44. The Morgan fingerprint density at radius 2 is 2.10 bits per heavy atom. The molecule has 0 aliphatic carbocycles. The zero-order valence-corrected chi connectivity index (χ0v) is 13.7. The number of hydrogen-bond donors (Lipinski definition) is 1. The van der Waals surface area contributed by atoms with Crippen molar-refractivity contribution in [3.05, 3.63) is 35.9 Å². The third kappa shape index (κ3) is 4.80. The molecule has 1 aromatic carbocycles. The third-order valence-corrected chi connectivity index (χ3v) is 4.91. The zero-order valence-electron chi connectivity index (χ0n) is 13.7. The average Bonchev–Trinajstić information content (AvgIpc) is 2.96. The van der Waals surface area contributed by atoms with E-state index >= 15 is 0 Å².